The Bertz CT molecular complexity index is 431. The minimum absolute atomic E-state index is 0.0931. The zero-order valence-electron chi connectivity index (χ0n) is 11.3. The van der Waals surface area contributed by atoms with Crippen LogP contribution in [0.3, 0.4) is 0 Å². The number of aromatic nitrogens is 1. The van der Waals surface area contributed by atoms with Crippen molar-refractivity contribution in [3.8, 4) is 0 Å². The maximum absolute atomic E-state index is 12.4. The highest BCUT2D eigenvalue weighted by Gasteiger charge is 2.29. The predicted octanol–water partition coefficient (Wildman–Crippen LogP) is 2.24. The van der Waals surface area contributed by atoms with E-state index in [1.807, 2.05) is 18.0 Å². The topological polar surface area (TPSA) is 45.2 Å². The van der Waals surface area contributed by atoms with Gasteiger partial charge in [0.05, 0.1) is 5.56 Å². The molecule has 1 aromatic rings. The molecule has 1 aliphatic rings. The molecule has 0 aliphatic carbocycles. The summed E-state index contributed by atoms with van der Waals surface area (Å²) in [7, 11) is 1.83. The number of hydrogen-bond donors (Lipinski definition) is 1. The van der Waals surface area contributed by atoms with E-state index in [1.165, 1.54) is 0 Å². The smallest absolute Gasteiger partial charge is 0.257 e. The third kappa shape index (κ3) is 2.47. The van der Waals surface area contributed by atoms with Crippen molar-refractivity contribution < 1.29 is 4.79 Å². The van der Waals surface area contributed by atoms with E-state index in [2.05, 4.69) is 24.1 Å². The Labute approximate surface area is 108 Å². The normalized spacial score (nSPS) is 19.3. The molecule has 1 fully saturated rings. The van der Waals surface area contributed by atoms with E-state index in [0.29, 0.717) is 17.4 Å². The molecular weight excluding hydrogens is 226 g/mol. The van der Waals surface area contributed by atoms with Crippen LogP contribution >= 0.6 is 0 Å². The van der Waals surface area contributed by atoms with Crippen LogP contribution in [-0.2, 0) is 0 Å². The number of carbonyl (C=O) groups is 1. The summed E-state index contributed by atoms with van der Waals surface area (Å²) < 4.78 is 0. The lowest BCUT2D eigenvalue weighted by Crippen LogP contribution is -2.30. The summed E-state index contributed by atoms with van der Waals surface area (Å²) in [5, 5.41) is 3.05. The molecule has 2 heterocycles. The van der Waals surface area contributed by atoms with Crippen LogP contribution in [0.1, 0.15) is 30.6 Å². The molecule has 1 aliphatic heterocycles. The van der Waals surface area contributed by atoms with Crippen LogP contribution in [0.25, 0.3) is 0 Å². The highest BCUT2D eigenvalue weighted by atomic mass is 16.2. The molecule has 0 saturated carbocycles. The molecule has 0 aromatic carbocycles. The molecule has 0 spiro atoms. The van der Waals surface area contributed by atoms with Crippen LogP contribution in [0.2, 0.25) is 0 Å². The van der Waals surface area contributed by atoms with E-state index in [4.69, 9.17) is 0 Å². The van der Waals surface area contributed by atoms with E-state index < -0.39 is 0 Å². The fraction of sp³-hybridized carbons (Fsp3) is 0.571. The average Bonchev–Trinajstić information content (AvgIpc) is 2.87. The van der Waals surface area contributed by atoms with Crippen molar-refractivity contribution in [3.05, 3.63) is 24.0 Å². The highest BCUT2D eigenvalue weighted by Crippen LogP contribution is 2.26. The zero-order chi connectivity index (χ0) is 13.1. The fourth-order valence-electron chi connectivity index (χ4n) is 2.47. The van der Waals surface area contributed by atoms with Crippen LogP contribution in [-0.4, -0.2) is 35.9 Å². The maximum Gasteiger partial charge on any atom is 0.257 e. The molecule has 4 heteroatoms. The summed E-state index contributed by atoms with van der Waals surface area (Å²) in [6.07, 6.45) is 4.46. The van der Waals surface area contributed by atoms with E-state index >= 15 is 0 Å². The summed E-state index contributed by atoms with van der Waals surface area (Å²) >= 11 is 0. The molecule has 1 N–H and O–H groups in total. The lowest BCUT2D eigenvalue weighted by molar-refractivity contribution is 0.0784. The number of pyridine rings is 1. The van der Waals surface area contributed by atoms with Gasteiger partial charge in [-0.3, -0.25) is 9.78 Å². The van der Waals surface area contributed by atoms with E-state index in [0.717, 1.165) is 25.2 Å². The average molecular weight is 247 g/mol. The molecule has 1 amide bonds. The Morgan fingerprint density at radius 2 is 2.33 bits per heavy atom. The minimum atomic E-state index is 0.0931. The van der Waals surface area contributed by atoms with Gasteiger partial charge in [0.1, 0.15) is 0 Å². The summed E-state index contributed by atoms with van der Waals surface area (Å²) in [6.45, 7) is 6.18. The number of rotatable bonds is 3. The SMILES string of the molecule is CNc1ccncc1C(=O)N1CCC(C(C)C)C1. The molecule has 18 heavy (non-hydrogen) atoms. The highest BCUT2D eigenvalue weighted by molar-refractivity contribution is 5.99. The van der Waals surface area contributed by atoms with Gasteiger partial charge in [0.15, 0.2) is 0 Å². The van der Waals surface area contributed by atoms with Gasteiger partial charge >= 0.3 is 0 Å². The summed E-state index contributed by atoms with van der Waals surface area (Å²) in [6, 6.07) is 1.84. The molecule has 1 saturated heterocycles. The van der Waals surface area contributed by atoms with Crippen LogP contribution in [0, 0.1) is 11.8 Å². The van der Waals surface area contributed by atoms with Crippen molar-refractivity contribution in [1.29, 1.82) is 0 Å². The van der Waals surface area contributed by atoms with Gasteiger partial charge in [-0.05, 0) is 24.3 Å². The molecule has 1 aromatic heterocycles. The van der Waals surface area contributed by atoms with Crippen molar-refractivity contribution in [2.75, 3.05) is 25.5 Å². The first kappa shape index (κ1) is 12.9. The van der Waals surface area contributed by atoms with Crippen LogP contribution in [0.4, 0.5) is 5.69 Å². The first-order valence-corrected chi connectivity index (χ1v) is 6.54. The first-order chi connectivity index (χ1) is 8.63. The molecule has 2 rings (SSSR count). The fourth-order valence-corrected chi connectivity index (χ4v) is 2.47. The number of anilines is 1. The Balaban J connectivity index is 2.13. The van der Waals surface area contributed by atoms with Gasteiger partial charge < -0.3 is 10.2 Å². The molecule has 0 radical (unpaired) electrons. The first-order valence-electron chi connectivity index (χ1n) is 6.54. The third-order valence-electron chi connectivity index (χ3n) is 3.78. The zero-order valence-corrected chi connectivity index (χ0v) is 11.3. The summed E-state index contributed by atoms with van der Waals surface area (Å²) in [4.78, 5) is 18.4. The Kier molecular flexibility index (Phi) is 3.84. The van der Waals surface area contributed by atoms with Gasteiger partial charge in [-0.15, -0.1) is 0 Å². The van der Waals surface area contributed by atoms with Gasteiger partial charge in [0, 0.05) is 38.2 Å². The second-order valence-electron chi connectivity index (χ2n) is 5.22. The monoisotopic (exact) mass is 247 g/mol. The molecular formula is C14H21N3O. The quantitative estimate of drug-likeness (QED) is 0.891. The van der Waals surface area contributed by atoms with Crippen molar-refractivity contribution in [2.24, 2.45) is 11.8 Å². The lowest BCUT2D eigenvalue weighted by Gasteiger charge is -2.19. The standard InChI is InChI=1S/C14H21N3O/c1-10(2)11-5-7-17(9-11)14(18)12-8-16-6-4-13(12)15-3/h4,6,8,10-11H,5,7,9H2,1-3H3,(H,15,16). The molecule has 1 atom stereocenters. The third-order valence-corrected chi connectivity index (χ3v) is 3.78. The Hall–Kier alpha value is -1.58. The van der Waals surface area contributed by atoms with Crippen LogP contribution in [0.15, 0.2) is 18.5 Å². The van der Waals surface area contributed by atoms with Crippen LogP contribution < -0.4 is 5.32 Å². The van der Waals surface area contributed by atoms with Gasteiger partial charge in [-0.1, -0.05) is 13.8 Å². The van der Waals surface area contributed by atoms with E-state index in [9.17, 15) is 4.79 Å². The lowest BCUT2D eigenvalue weighted by atomic mass is 9.95. The summed E-state index contributed by atoms with van der Waals surface area (Å²) in [5.41, 5.74) is 1.52. The Morgan fingerprint density at radius 1 is 1.56 bits per heavy atom. The molecule has 1 unspecified atom stereocenters. The van der Waals surface area contributed by atoms with Crippen LogP contribution in [0.5, 0.6) is 0 Å². The van der Waals surface area contributed by atoms with E-state index in [-0.39, 0.29) is 5.91 Å². The van der Waals surface area contributed by atoms with Crippen molar-refractivity contribution in [3.63, 3.8) is 0 Å². The van der Waals surface area contributed by atoms with Gasteiger partial charge in [-0.2, -0.15) is 0 Å². The molecule has 4 nitrogen and oxygen atoms in total. The van der Waals surface area contributed by atoms with Gasteiger partial charge in [0.25, 0.3) is 5.91 Å². The molecule has 98 valence electrons. The number of amides is 1. The number of hydrogen-bond acceptors (Lipinski definition) is 3. The van der Waals surface area contributed by atoms with Crippen molar-refractivity contribution in [2.45, 2.75) is 20.3 Å². The van der Waals surface area contributed by atoms with Gasteiger partial charge in [-0.25, -0.2) is 0 Å². The largest absolute Gasteiger partial charge is 0.387 e. The van der Waals surface area contributed by atoms with Crippen molar-refractivity contribution >= 4 is 11.6 Å². The number of carbonyl (C=O) groups excluding carboxylic acids is 1. The predicted molar refractivity (Wildman–Crippen MR) is 72.6 cm³/mol. The number of nitrogens with zero attached hydrogens (tertiary/aromatic N) is 2. The maximum atomic E-state index is 12.4. The Morgan fingerprint density at radius 3 is 2.94 bits per heavy atom. The van der Waals surface area contributed by atoms with Gasteiger partial charge in [0.2, 0.25) is 0 Å². The summed E-state index contributed by atoms with van der Waals surface area (Å²) in [5.74, 6) is 1.36. The number of likely N-dealkylation sites (tertiary alicyclic amines) is 1. The molecule has 0 bridgehead atoms. The second-order valence-corrected chi connectivity index (χ2v) is 5.22. The minimum Gasteiger partial charge on any atom is -0.387 e. The van der Waals surface area contributed by atoms with Crippen molar-refractivity contribution in [1.82, 2.24) is 9.88 Å². The van der Waals surface area contributed by atoms with E-state index in [1.54, 1.807) is 12.4 Å². The number of nitrogens with one attached hydrogen (secondary N) is 1. The second kappa shape index (κ2) is 5.38.